The van der Waals surface area contributed by atoms with Crippen LogP contribution in [-0.4, -0.2) is 21.0 Å². The number of nitrogens with zero attached hydrogens (tertiary/aromatic N) is 3. The molecule has 4 nitrogen and oxygen atoms in total. The largest absolute Gasteiger partial charge is 0.309 e. The molecule has 1 aromatic heterocycles. The lowest BCUT2D eigenvalue weighted by Crippen LogP contribution is -2.21. The highest BCUT2D eigenvalue weighted by Crippen LogP contribution is 2.17. The number of hydrogen-bond donors (Lipinski definition) is 1. The van der Waals surface area contributed by atoms with E-state index in [1.165, 1.54) is 6.07 Å². The summed E-state index contributed by atoms with van der Waals surface area (Å²) in [5.74, 6) is -0.260. The van der Waals surface area contributed by atoms with Crippen LogP contribution in [0, 0.1) is 5.82 Å². The van der Waals surface area contributed by atoms with Crippen LogP contribution in [0.2, 0.25) is 0 Å². The van der Waals surface area contributed by atoms with Crippen LogP contribution in [0.25, 0.3) is 0 Å². The minimum Gasteiger partial charge on any atom is -0.309 e. The normalized spacial score (nSPS) is 11.2. The third-order valence-corrected chi connectivity index (χ3v) is 3.21. The Morgan fingerprint density at radius 3 is 2.89 bits per heavy atom. The van der Waals surface area contributed by atoms with Gasteiger partial charge in [-0.1, -0.05) is 25.1 Å². The van der Waals surface area contributed by atoms with Crippen molar-refractivity contribution in [2.75, 3.05) is 0 Å². The molecule has 0 saturated carbocycles. The van der Waals surface area contributed by atoms with Crippen molar-refractivity contribution in [3.63, 3.8) is 0 Å². The molecule has 0 aliphatic heterocycles. The summed E-state index contributed by atoms with van der Waals surface area (Å²) in [5, 5.41) is 11.4. The van der Waals surface area contributed by atoms with Crippen molar-refractivity contribution < 1.29 is 4.39 Å². The monoisotopic (exact) mass is 326 g/mol. The van der Waals surface area contributed by atoms with Gasteiger partial charge in [0.1, 0.15) is 5.82 Å². The fourth-order valence-corrected chi connectivity index (χ4v) is 2.06. The summed E-state index contributed by atoms with van der Waals surface area (Å²) < 4.78 is 15.3. The number of nitrogens with one attached hydrogen (secondary N) is 1. The summed E-state index contributed by atoms with van der Waals surface area (Å²) in [6.07, 6.45) is 1.90. The van der Waals surface area contributed by atoms with Crippen LogP contribution in [0.4, 0.5) is 4.39 Å². The fourth-order valence-electron chi connectivity index (χ4n) is 1.63. The molecule has 2 aromatic rings. The molecule has 0 bridgehead atoms. The van der Waals surface area contributed by atoms with E-state index in [9.17, 15) is 4.39 Å². The van der Waals surface area contributed by atoms with Gasteiger partial charge in [0, 0.05) is 12.6 Å². The van der Waals surface area contributed by atoms with Crippen LogP contribution in [0.3, 0.4) is 0 Å². The van der Waals surface area contributed by atoms with Gasteiger partial charge in [0.2, 0.25) is 0 Å². The Morgan fingerprint density at radius 1 is 1.42 bits per heavy atom. The predicted molar refractivity (Wildman–Crippen MR) is 75.2 cm³/mol. The number of hydrogen-bond acceptors (Lipinski definition) is 3. The third-order valence-electron chi connectivity index (χ3n) is 2.61. The van der Waals surface area contributed by atoms with Crippen LogP contribution in [0.15, 0.2) is 28.9 Å². The van der Waals surface area contributed by atoms with Crippen LogP contribution < -0.4 is 5.32 Å². The second kappa shape index (κ2) is 6.25. The molecule has 0 aliphatic rings. The Bertz CT molecular complexity index is 553. The average Bonchev–Trinajstić information content (AvgIpc) is 2.79. The molecule has 0 fully saturated rings. The summed E-state index contributed by atoms with van der Waals surface area (Å²) in [7, 11) is 0. The minimum atomic E-state index is -0.260. The van der Waals surface area contributed by atoms with Crippen molar-refractivity contribution in [2.24, 2.45) is 0 Å². The molecule has 19 heavy (non-hydrogen) atoms. The minimum absolute atomic E-state index is 0.260. The first kappa shape index (κ1) is 14.1. The van der Waals surface area contributed by atoms with E-state index in [4.69, 9.17) is 0 Å². The standard InChI is InChI=1S/C13H16BrFN4/c1-9(2)16-6-11-8-19(18-17-11)7-10-3-4-13(15)12(14)5-10/h3-5,8-9,16H,6-7H2,1-2H3. The van der Waals surface area contributed by atoms with Crippen LogP contribution in [-0.2, 0) is 13.1 Å². The summed E-state index contributed by atoms with van der Waals surface area (Å²) >= 11 is 3.18. The molecule has 0 amide bonds. The van der Waals surface area contributed by atoms with Crippen LogP contribution >= 0.6 is 15.9 Å². The lowest BCUT2D eigenvalue weighted by molar-refractivity contribution is 0.580. The molecule has 1 N–H and O–H groups in total. The smallest absolute Gasteiger partial charge is 0.137 e. The maximum Gasteiger partial charge on any atom is 0.137 e. The SMILES string of the molecule is CC(C)NCc1cn(Cc2ccc(F)c(Br)c2)nn1. The van der Waals surface area contributed by atoms with Crippen molar-refractivity contribution in [3.05, 3.63) is 45.9 Å². The topological polar surface area (TPSA) is 42.7 Å². The number of rotatable bonds is 5. The summed E-state index contributed by atoms with van der Waals surface area (Å²) in [6.45, 7) is 5.44. The molecule has 2 rings (SSSR count). The Hall–Kier alpha value is -1.27. The van der Waals surface area contributed by atoms with Gasteiger partial charge in [-0.25, -0.2) is 9.07 Å². The van der Waals surface area contributed by atoms with Gasteiger partial charge in [0.15, 0.2) is 0 Å². The van der Waals surface area contributed by atoms with E-state index in [1.807, 2.05) is 6.20 Å². The molecule has 0 atom stereocenters. The molecular formula is C13H16BrFN4. The maximum absolute atomic E-state index is 13.1. The molecule has 0 unspecified atom stereocenters. The molecule has 102 valence electrons. The molecule has 0 spiro atoms. The second-order valence-corrected chi connectivity index (χ2v) is 5.55. The van der Waals surface area contributed by atoms with Crippen molar-refractivity contribution in [2.45, 2.75) is 33.0 Å². The van der Waals surface area contributed by atoms with Gasteiger partial charge < -0.3 is 5.32 Å². The lowest BCUT2D eigenvalue weighted by Gasteiger charge is -2.04. The molecule has 1 heterocycles. The van der Waals surface area contributed by atoms with Gasteiger partial charge in [-0.2, -0.15) is 0 Å². The molecule has 6 heteroatoms. The lowest BCUT2D eigenvalue weighted by atomic mass is 10.2. The first-order valence-corrected chi connectivity index (χ1v) is 6.90. The van der Waals surface area contributed by atoms with E-state index in [-0.39, 0.29) is 5.82 Å². The fraction of sp³-hybridized carbons (Fsp3) is 0.385. The van der Waals surface area contributed by atoms with E-state index in [0.717, 1.165) is 11.3 Å². The van der Waals surface area contributed by atoms with Crippen LogP contribution in [0.5, 0.6) is 0 Å². The Balaban J connectivity index is 2.01. The van der Waals surface area contributed by atoms with Gasteiger partial charge >= 0.3 is 0 Å². The molecule has 0 saturated heterocycles. The first-order valence-electron chi connectivity index (χ1n) is 6.11. The summed E-state index contributed by atoms with van der Waals surface area (Å²) in [5.41, 5.74) is 1.87. The quantitative estimate of drug-likeness (QED) is 0.918. The van der Waals surface area contributed by atoms with Gasteiger partial charge in [0.05, 0.1) is 22.9 Å². The first-order chi connectivity index (χ1) is 9.04. The number of aromatic nitrogens is 3. The highest BCUT2D eigenvalue weighted by Gasteiger charge is 2.04. The average molecular weight is 327 g/mol. The van der Waals surface area contributed by atoms with Gasteiger partial charge in [0.25, 0.3) is 0 Å². The summed E-state index contributed by atoms with van der Waals surface area (Å²) in [6, 6.07) is 5.35. The molecule has 1 aromatic carbocycles. The van der Waals surface area contributed by atoms with Crippen molar-refractivity contribution in [1.29, 1.82) is 0 Å². The van der Waals surface area contributed by atoms with Gasteiger partial charge in [-0.3, -0.25) is 0 Å². The van der Waals surface area contributed by atoms with Crippen molar-refractivity contribution in [3.8, 4) is 0 Å². The third kappa shape index (κ3) is 4.11. The van der Waals surface area contributed by atoms with Crippen molar-refractivity contribution in [1.82, 2.24) is 20.3 Å². The maximum atomic E-state index is 13.1. The van der Waals surface area contributed by atoms with E-state index in [0.29, 0.717) is 23.6 Å². The van der Waals surface area contributed by atoms with Crippen molar-refractivity contribution >= 4 is 15.9 Å². The van der Waals surface area contributed by atoms with Gasteiger partial charge in [-0.05, 0) is 33.6 Å². The Morgan fingerprint density at radius 2 is 2.21 bits per heavy atom. The van der Waals surface area contributed by atoms with E-state index < -0.39 is 0 Å². The number of halogens is 2. The Labute approximate surface area is 120 Å². The van der Waals surface area contributed by atoms with E-state index in [1.54, 1.807) is 16.8 Å². The highest BCUT2D eigenvalue weighted by atomic mass is 79.9. The number of benzene rings is 1. The zero-order valence-corrected chi connectivity index (χ0v) is 12.5. The Kier molecular flexibility index (Phi) is 4.66. The van der Waals surface area contributed by atoms with E-state index >= 15 is 0 Å². The highest BCUT2D eigenvalue weighted by molar-refractivity contribution is 9.10. The summed E-state index contributed by atoms with van der Waals surface area (Å²) in [4.78, 5) is 0. The predicted octanol–water partition coefficient (Wildman–Crippen LogP) is 2.73. The molecule has 0 aliphatic carbocycles. The molecule has 0 radical (unpaired) electrons. The zero-order chi connectivity index (χ0) is 13.8. The van der Waals surface area contributed by atoms with Gasteiger partial charge in [-0.15, -0.1) is 5.10 Å². The molecular weight excluding hydrogens is 311 g/mol. The second-order valence-electron chi connectivity index (χ2n) is 4.69. The zero-order valence-electron chi connectivity index (χ0n) is 10.9. The van der Waals surface area contributed by atoms with Crippen LogP contribution in [0.1, 0.15) is 25.1 Å². The van der Waals surface area contributed by atoms with E-state index in [2.05, 4.69) is 45.4 Å².